The standard InChI is InChI=1S/C33H24N4O12/c38-28(34(20-12-16-22(17-13-20)36(46)47)30(40)24-6-1-3-8-26(24)32(42)43)10-5-11-29(39)35(21-14-18-23(19-15-21)37(48)49)31(41)25-7-2-4-9-27(25)33(44)45/h1-4,6-9,12-19H,5,10-11H2,(H,42,43)(H,44,45). The molecule has 4 amide bonds. The maximum atomic E-state index is 13.6. The van der Waals surface area contributed by atoms with Crippen molar-refractivity contribution in [1.82, 2.24) is 0 Å². The van der Waals surface area contributed by atoms with E-state index < -0.39 is 69.4 Å². The van der Waals surface area contributed by atoms with Crippen molar-refractivity contribution < 1.29 is 48.8 Å². The summed E-state index contributed by atoms with van der Waals surface area (Å²) in [5.74, 6) is -6.86. The van der Waals surface area contributed by atoms with E-state index in [4.69, 9.17) is 0 Å². The van der Waals surface area contributed by atoms with Gasteiger partial charge in [-0.25, -0.2) is 19.4 Å². The number of hydrogen-bond acceptors (Lipinski definition) is 10. The van der Waals surface area contributed by atoms with Gasteiger partial charge in [0.25, 0.3) is 23.2 Å². The number of non-ortho nitro benzene ring substituents is 2. The van der Waals surface area contributed by atoms with Crippen LogP contribution in [-0.2, 0) is 9.59 Å². The first-order valence-corrected chi connectivity index (χ1v) is 14.2. The van der Waals surface area contributed by atoms with E-state index >= 15 is 0 Å². The highest BCUT2D eigenvalue weighted by atomic mass is 16.6. The number of carboxylic acid groups (broad SMARTS) is 2. The van der Waals surface area contributed by atoms with Crippen LogP contribution in [-0.4, -0.2) is 55.6 Å². The Kier molecular flexibility index (Phi) is 10.6. The number of anilines is 2. The molecule has 0 heterocycles. The molecule has 16 nitrogen and oxygen atoms in total. The number of imide groups is 2. The van der Waals surface area contributed by atoms with Crippen LogP contribution in [0.2, 0.25) is 0 Å². The van der Waals surface area contributed by atoms with E-state index in [1.807, 2.05) is 0 Å². The first kappa shape index (κ1) is 34.8. The maximum absolute atomic E-state index is 13.6. The third-order valence-corrected chi connectivity index (χ3v) is 7.10. The summed E-state index contributed by atoms with van der Waals surface area (Å²) in [5, 5.41) is 41.5. The predicted octanol–water partition coefficient (Wildman–Crippen LogP) is 5.12. The molecule has 0 fully saturated rings. The number of carboxylic acids is 2. The quantitative estimate of drug-likeness (QED) is 0.148. The fraction of sp³-hybridized carbons (Fsp3) is 0.0909. The summed E-state index contributed by atoms with van der Waals surface area (Å²) in [7, 11) is 0. The second-order valence-electron chi connectivity index (χ2n) is 10.2. The van der Waals surface area contributed by atoms with Crippen molar-refractivity contribution in [3.05, 3.63) is 140 Å². The van der Waals surface area contributed by atoms with Crippen molar-refractivity contribution in [3.63, 3.8) is 0 Å². The molecular formula is C33H24N4O12. The first-order chi connectivity index (χ1) is 23.3. The number of amides is 4. The van der Waals surface area contributed by atoms with Crippen LogP contribution in [0, 0.1) is 20.2 Å². The van der Waals surface area contributed by atoms with Crippen LogP contribution in [0.25, 0.3) is 0 Å². The Hall–Kier alpha value is -7.10. The van der Waals surface area contributed by atoms with E-state index in [1.165, 1.54) is 36.4 Å². The lowest BCUT2D eigenvalue weighted by molar-refractivity contribution is -0.385. The van der Waals surface area contributed by atoms with E-state index in [2.05, 4.69) is 0 Å². The molecule has 4 rings (SSSR count). The van der Waals surface area contributed by atoms with Crippen molar-refractivity contribution in [3.8, 4) is 0 Å². The number of nitro groups is 2. The van der Waals surface area contributed by atoms with Crippen LogP contribution in [0.15, 0.2) is 97.1 Å². The molecule has 0 spiro atoms. The number of aromatic carboxylic acids is 2. The Morgan fingerprint density at radius 2 is 0.816 bits per heavy atom. The van der Waals surface area contributed by atoms with Gasteiger partial charge in [0.15, 0.2) is 0 Å². The Labute approximate surface area is 275 Å². The highest BCUT2D eigenvalue weighted by molar-refractivity contribution is 6.24. The van der Waals surface area contributed by atoms with E-state index in [0.717, 1.165) is 60.7 Å². The molecule has 0 bridgehead atoms. The number of nitro benzene ring substituents is 2. The number of rotatable bonds is 12. The second kappa shape index (κ2) is 15.0. The lowest BCUT2D eigenvalue weighted by atomic mass is 10.0. The van der Waals surface area contributed by atoms with Gasteiger partial charge >= 0.3 is 11.9 Å². The minimum absolute atomic E-state index is 0.125. The molecule has 49 heavy (non-hydrogen) atoms. The molecule has 0 saturated heterocycles. The Morgan fingerprint density at radius 1 is 0.510 bits per heavy atom. The highest BCUT2D eigenvalue weighted by Gasteiger charge is 2.31. The van der Waals surface area contributed by atoms with Crippen molar-refractivity contribution in [2.45, 2.75) is 19.3 Å². The molecule has 0 aliphatic carbocycles. The van der Waals surface area contributed by atoms with Gasteiger partial charge in [-0.3, -0.25) is 39.4 Å². The fourth-order valence-corrected chi connectivity index (χ4v) is 4.76. The van der Waals surface area contributed by atoms with Gasteiger partial charge in [-0.15, -0.1) is 0 Å². The molecule has 0 aliphatic rings. The smallest absolute Gasteiger partial charge is 0.336 e. The lowest BCUT2D eigenvalue weighted by Gasteiger charge is -2.23. The Bertz CT molecular complexity index is 1850. The van der Waals surface area contributed by atoms with E-state index in [-0.39, 0.29) is 40.3 Å². The number of hydrogen-bond donors (Lipinski definition) is 2. The molecule has 16 heteroatoms. The first-order valence-electron chi connectivity index (χ1n) is 14.2. The number of carbonyl (C=O) groups excluding carboxylic acids is 4. The summed E-state index contributed by atoms with van der Waals surface area (Å²) in [4.78, 5) is 100. The van der Waals surface area contributed by atoms with E-state index in [1.54, 1.807) is 0 Å². The van der Waals surface area contributed by atoms with Crippen LogP contribution in [0.4, 0.5) is 22.7 Å². The van der Waals surface area contributed by atoms with Crippen LogP contribution in [0.1, 0.15) is 60.7 Å². The van der Waals surface area contributed by atoms with Gasteiger partial charge in [-0.1, -0.05) is 24.3 Å². The lowest BCUT2D eigenvalue weighted by Crippen LogP contribution is -2.39. The van der Waals surface area contributed by atoms with Gasteiger partial charge in [-0.2, -0.15) is 0 Å². The molecule has 0 unspecified atom stereocenters. The molecule has 0 aliphatic heterocycles. The van der Waals surface area contributed by atoms with Gasteiger partial charge in [0.1, 0.15) is 0 Å². The van der Waals surface area contributed by atoms with Gasteiger partial charge in [0, 0.05) is 37.1 Å². The average molecular weight is 669 g/mol. The topological polar surface area (TPSA) is 236 Å². The van der Waals surface area contributed by atoms with Crippen molar-refractivity contribution in [1.29, 1.82) is 0 Å². The number of benzene rings is 4. The molecule has 248 valence electrons. The molecule has 0 saturated carbocycles. The van der Waals surface area contributed by atoms with Gasteiger partial charge in [-0.05, 0) is 55.0 Å². The zero-order chi connectivity index (χ0) is 35.8. The molecular weight excluding hydrogens is 644 g/mol. The minimum Gasteiger partial charge on any atom is -0.478 e. The van der Waals surface area contributed by atoms with Gasteiger partial charge in [0.2, 0.25) is 11.8 Å². The largest absolute Gasteiger partial charge is 0.478 e. The van der Waals surface area contributed by atoms with Gasteiger partial charge < -0.3 is 10.2 Å². The molecule has 0 atom stereocenters. The van der Waals surface area contributed by atoms with Crippen LogP contribution >= 0.6 is 0 Å². The van der Waals surface area contributed by atoms with E-state index in [9.17, 15) is 59.2 Å². The third-order valence-electron chi connectivity index (χ3n) is 7.10. The van der Waals surface area contributed by atoms with Crippen LogP contribution in [0.5, 0.6) is 0 Å². The zero-order valence-electron chi connectivity index (χ0n) is 25.1. The average Bonchev–Trinajstić information content (AvgIpc) is 3.08. The molecule has 2 N–H and O–H groups in total. The number of nitrogens with zero attached hydrogens (tertiary/aromatic N) is 4. The highest BCUT2D eigenvalue weighted by Crippen LogP contribution is 2.26. The Morgan fingerprint density at radius 3 is 1.10 bits per heavy atom. The zero-order valence-corrected chi connectivity index (χ0v) is 25.1. The second-order valence-corrected chi connectivity index (χ2v) is 10.2. The SMILES string of the molecule is O=C(O)c1ccccc1C(=O)N(C(=O)CCCC(=O)N(C(=O)c1ccccc1C(=O)O)c1ccc([N+](=O)[O-])cc1)c1ccc([N+](=O)[O-])cc1. The third kappa shape index (κ3) is 7.83. The summed E-state index contributed by atoms with van der Waals surface area (Å²) in [6.07, 6.45) is -1.32. The predicted molar refractivity (Wildman–Crippen MR) is 170 cm³/mol. The summed E-state index contributed by atoms with van der Waals surface area (Å²) in [5.41, 5.74) is -2.49. The van der Waals surface area contributed by atoms with Crippen molar-refractivity contribution in [2.75, 3.05) is 9.80 Å². The van der Waals surface area contributed by atoms with E-state index in [0.29, 0.717) is 9.80 Å². The summed E-state index contributed by atoms with van der Waals surface area (Å²) in [6, 6.07) is 18.8. The summed E-state index contributed by atoms with van der Waals surface area (Å²) in [6.45, 7) is 0. The van der Waals surface area contributed by atoms with Crippen molar-refractivity contribution in [2.24, 2.45) is 0 Å². The van der Waals surface area contributed by atoms with Gasteiger partial charge in [0.05, 0.1) is 43.5 Å². The molecule has 4 aromatic rings. The molecule has 0 radical (unpaired) electrons. The Balaban J connectivity index is 1.63. The normalized spacial score (nSPS) is 10.4. The monoisotopic (exact) mass is 668 g/mol. The fourth-order valence-electron chi connectivity index (χ4n) is 4.76. The molecule has 0 aromatic heterocycles. The summed E-state index contributed by atoms with van der Waals surface area (Å²) < 4.78 is 0. The van der Waals surface area contributed by atoms with Crippen LogP contribution in [0.3, 0.4) is 0 Å². The molecule has 4 aromatic carbocycles. The summed E-state index contributed by atoms with van der Waals surface area (Å²) >= 11 is 0. The maximum Gasteiger partial charge on any atom is 0.336 e. The van der Waals surface area contributed by atoms with Crippen molar-refractivity contribution >= 4 is 58.3 Å². The number of carbonyl (C=O) groups is 6. The van der Waals surface area contributed by atoms with Crippen LogP contribution < -0.4 is 9.80 Å². The minimum atomic E-state index is -1.45.